The molecule has 13 nitrogen and oxygen atoms in total. The van der Waals surface area contributed by atoms with Gasteiger partial charge in [0.1, 0.15) is 24.0 Å². The van der Waals surface area contributed by atoms with Crippen LogP contribution in [0, 0.1) is 17.1 Å². The van der Waals surface area contributed by atoms with E-state index in [1.54, 1.807) is 18.3 Å². The third-order valence-electron chi connectivity index (χ3n) is 6.67. The van der Waals surface area contributed by atoms with E-state index in [0.717, 1.165) is 12.0 Å². The molecule has 0 radical (unpaired) electrons. The molecule has 1 saturated heterocycles. The quantitative estimate of drug-likeness (QED) is 0.320. The zero-order valence-corrected chi connectivity index (χ0v) is 25.0. The Labute approximate surface area is 248 Å². The summed E-state index contributed by atoms with van der Waals surface area (Å²) in [6.45, 7) is 8.49. The molecular weight excluding hydrogens is 577 g/mol. The molecule has 0 bridgehead atoms. The highest BCUT2D eigenvalue weighted by atomic mass is 32.2. The molecule has 15 heteroatoms. The van der Waals surface area contributed by atoms with Crippen LogP contribution in [0.15, 0.2) is 54.0 Å². The zero-order chi connectivity index (χ0) is 31.3. The maximum Gasteiger partial charge on any atom is 0.350 e. The predicted molar refractivity (Wildman–Crippen MR) is 159 cm³/mol. The van der Waals surface area contributed by atoms with E-state index < -0.39 is 21.6 Å². The van der Waals surface area contributed by atoms with Gasteiger partial charge in [-0.05, 0) is 49.6 Å². The van der Waals surface area contributed by atoms with Gasteiger partial charge in [0.2, 0.25) is 5.95 Å². The summed E-state index contributed by atoms with van der Waals surface area (Å²) >= 11 is 0. The second-order valence-electron chi connectivity index (χ2n) is 10.1. The number of nitriles is 1. The van der Waals surface area contributed by atoms with Gasteiger partial charge >= 0.3 is 5.69 Å². The normalized spacial score (nSPS) is 13.4. The highest BCUT2D eigenvalue weighted by Gasteiger charge is 2.23. The van der Waals surface area contributed by atoms with Crippen LogP contribution in [0.3, 0.4) is 0 Å². The lowest BCUT2D eigenvalue weighted by Gasteiger charge is -2.35. The number of pyridine rings is 1. The predicted octanol–water partition coefficient (Wildman–Crippen LogP) is 2.87. The molecule has 4 heterocycles. The van der Waals surface area contributed by atoms with E-state index in [1.165, 1.54) is 27.7 Å². The number of nitrogens with zero attached hydrogens (tertiary/aromatic N) is 9. The van der Waals surface area contributed by atoms with Crippen LogP contribution in [0.5, 0.6) is 0 Å². The smallest absolute Gasteiger partial charge is 0.350 e. The van der Waals surface area contributed by atoms with Crippen molar-refractivity contribution in [1.29, 1.82) is 5.26 Å². The summed E-state index contributed by atoms with van der Waals surface area (Å²) in [5.41, 5.74) is 2.39. The number of aryl methyl sites for hydroxylation is 1. The first-order chi connectivity index (χ1) is 20.4. The van der Waals surface area contributed by atoms with Crippen molar-refractivity contribution >= 4 is 21.9 Å². The van der Waals surface area contributed by atoms with E-state index in [0.29, 0.717) is 60.9 Å². The fraction of sp³-hybridized carbons (Fsp3) is 0.357. The summed E-state index contributed by atoms with van der Waals surface area (Å²) < 4.78 is 43.4. The van der Waals surface area contributed by atoms with Crippen LogP contribution in [-0.2, 0) is 16.5 Å². The summed E-state index contributed by atoms with van der Waals surface area (Å²) in [4.78, 5) is 30.3. The molecule has 0 aliphatic carbocycles. The minimum absolute atomic E-state index is 0.113. The fourth-order valence-corrected chi connectivity index (χ4v) is 4.48. The molecule has 0 amide bonds. The van der Waals surface area contributed by atoms with E-state index in [1.807, 2.05) is 26.2 Å². The first-order valence-electron chi connectivity index (χ1n) is 13.5. The summed E-state index contributed by atoms with van der Waals surface area (Å²) in [5, 5.41) is 13.9. The van der Waals surface area contributed by atoms with Crippen molar-refractivity contribution in [2.45, 2.75) is 33.2 Å². The Morgan fingerprint density at radius 2 is 1.65 bits per heavy atom. The van der Waals surface area contributed by atoms with Crippen LogP contribution in [0.1, 0.15) is 37.9 Å². The molecule has 1 fully saturated rings. The molecule has 0 unspecified atom stereocenters. The van der Waals surface area contributed by atoms with E-state index in [2.05, 4.69) is 42.8 Å². The average Bonchev–Trinajstić information content (AvgIpc) is 3.37. The number of rotatable bonds is 6. The minimum Gasteiger partial charge on any atom is -0.352 e. The monoisotopic (exact) mass is 609 g/mol. The second-order valence-corrected chi connectivity index (χ2v) is 11.6. The van der Waals surface area contributed by atoms with Gasteiger partial charge in [-0.25, -0.2) is 33.4 Å². The van der Waals surface area contributed by atoms with Crippen LogP contribution in [0.4, 0.5) is 16.2 Å². The van der Waals surface area contributed by atoms with Crippen LogP contribution < -0.4 is 15.5 Å². The van der Waals surface area contributed by atoms with Crippen molar-refractivity contribution in [3.8, 4) is 22.9 Å². The summed E-state index contributed by atoms with van der Waals surface area (Å²) in [5.74, 6) is 0.735. The lowest BCUT2D eigenvalue weighted by molar-refractivity contribution is 0.490. The van der Waals surface area contributed by atoms with Crippen molar-refractivity contribution < 1.29 is 17.4 Å². The summed E-state index contributed by atoms with van der Waals surface area (Å²) in [6.07, 6.45) is 8.29. The van der Waals surface area contributed by atoms with Gasteiger partial charge in [-0.1, -0.05) is 13.0 Å². The van der Waals surface area contributed by atoms with Gasteiger partial charge in [0, 0.05) is 50.3 Å². The molecule has 226 valence electrons. The number of aromatic nitrogens is 6. The molecule has 1 aromatic carbocycles. The molecule has 1 aliphatic rings. The highest BCUT2D eigenvalue weighted by Crippen LogP contribution is 2.28. The number of anilines is 2. The number of piperazine rings is 1. The molecule has 1 N–H and O–H groups in total. The van der Waals surface area contributed by atoms with Gasteiger partial charge in [0.05, 0.1) is 23.5 Å². The molecule has 5 rings (SSSR count). The van der Waals surface area contributed by atoms with Gasteiger partial charge < -0.3 is 9.80 Å². The van der Waals surface area contributed by atoms with Gasteiger partial charge in [-0.15, -0.1) is 0 Å². The molecule has 43 heavy (non-hydrogen) atoms. The number of halogens is 1. The first-order valence-corrected chi connectivity index (χ1v) is 15.3. The topological polar surface area (TPSA) is 163 Å². The number of hydrogen-bond donors (Lipinski definition) is 1. The van der Waals surface area contributed by atoms with Crippen LogP contribution in [0.2, 0.25) is 0 Å². The molecular formula is C28H32FN9O4S. The summed E-state index contributed by atoms with van der Waals surface area (Å²) in [7, 11) is -3.67. The lowest BCUT2D eigenvalue weighted by atomic mass is 10.0. The van der Waals surface area contributed by atoms with Crippen LogP contribution in [-0.4, -0.2) is 74.7 Å². The summed E-state index contributed by atoms with van der Waals surface area (Å²) in [6, 6.07) is 8.41. The molecule has 1 aliphatic heterocycles. The van der Waals surface area contributed by atoms with Gasteiger partial charge in [0.15, 0.2) is 0 Å². The maximum absolute atomic E-state index is 15.1. The first kappa shape index (κ1) is 31.3. The van der Waals surface area contributed by atoms with Crippen molar-refractivity contribution in [2.75, 3.05) is 42.2 Å². The SMILES string of the molecule is CCc1cnc(N2CCN(c3ncc(-c4ccc(-n5cnn(C(C)C)c5=O)c(F)c4)cc3C#N)CC2)nc1.CS(=O)(=O)O. The number of benzene rings is 1. The van der Waals surface area contributed by atoms with Crippen molar-refractivity contribution in [2.24, 2.45) is 0 Å². The largest absolute Gasteiger partial charge is 0.352 e. The standard InChI is InChI=1S/C27H28FN9O.CH4O3S/c1-4-19-14-31-26(32-15-19)35-9-7-34(8-10-35)25-21(13-29)11-22(16-30-25)20-5-6-24(23(28)12-20)36-17-33-37(18(2)3)27(36)38;1-5(2,3)4/h5-6,11-12,14-18H,4,7-10H2,1-3H3;1H3,(H,2,3,4). The Kier molecular flexibility index (Phi) is 9.52. The Morgan fingerprint density at radius 1 is 1.02 bits per heavy atom. The third-order valence-corrected chi connectivity index (χ3v) is 6.67. The van der Waals surface area contributed by atoms with Gasteiger partial charge in [-0.2, -0.15) is 18.8 Å². The van der Waals surface area contributed by atoms with E-state index >= 15 is 4.39 Å². The average molecular weight is 610 g/mol. The molecule has 0 spiro atoms. The van der Waals surface area contributed by atoms with E-state index in [-0.39, 0.29) is 11.7 Å². The highest BCUT2D eigenvalue weighted by molar-refractivity contribution is 7.85. The Morgan fingerprint density at radius 3 is 2.19 bits per heavy atom. The molecule has 3 aromatic heterocycles. The molecule has 4 aromatic rings. The third kappa shape index (κ3) is 7.59. The molecule has 0 saturated carbocycles. The Balaban J connectivity index is 0.000000782. The van der Waals surface area contributed by atoms with Crippen molar-refractivity contribution in [3.05, 3.63) is 76.6 Å². The zero-order valence-electron chi connectivity index (χ0n) is 24.2. The van der Waals surface area contributed by atoms with Gasteiger partial charge in [-0.3, -0.25) is 4.55 Å². The maximum atomic E-state index is 15.1. The van der Waals surface area contributed by atoms with E-state index in [9.17, 15) is 18.5 Å². The van der Waals surface area contributed by atoms with Crippen molar-refractivity contribution in [3.63, 3.8) is 0 Å². The van der Waals surface area contributed by atoms with Crippen molar-refractivity contribution in [1.82, 2.24) is 29.3 Å². The van der Waals surface area contributed by atoms with E-state index in [4.69, 9.17) is 4.55 Å². The van der Waals surface area contributed by atoms with Crippen LogP contribution >= 0.6 is 0 Å². The van der Waals surface area contributed by atoms with Crippen LogP contribution in [0.25, 0.3) is 16.8 Å². The Hall–Kier alpha value is -4.68. The molecule has 0 atom stereocenters. The Bertz CT molecular complexity index is 1780. The lowest BCUT2D eigenvalue weighted by Crippen LogP contribution is -2.47. The number of hydrogen-bond acceptors (Lipinski definition) is 10. The second kappa shape index (κ2) is 13.1. The van der Waals surface area contributed by atoms with Gasteiger partial charge in [0.25, 0.3) is 10.1 Å². The minimum atomic E-state index is -3.67. The fourth-order valence-electron chi connectivity index (χ4n) is 4.48.